The summed E-state index contributed by atoms with van der Waals surface area (Å²) in [5.41, 5.74) is 0. The number of phosphoric ester groups is 1. The molecule has 0 aliphatic rings. The Morgan fingerprint density at radius 3 is 1.09 bits per heavy atom. The topological polar surface area (TPSA) is 108 Å². The summed E-state index contributed by atoms with van der Waals surface area (Å²) < 4.78 is 23.4. The van der Waals surface area contributed by atoms with E-state index in [1.165, 1.54) is 263 Å². The Morgan fingerprint density at radius 1 is 0.459 bits per heavy atom. The summed E-state index contributed by atoms with van der Waals surface area (Å²) in [5, 5.41) is 13.9. The molecule has 0 bridgehead atoms. The average Bonchev–Trinajstić information content (AvgIpc) is 3.36. The molecule has 0 aromatic carbocycles. The van der Waals surface area contributed by atoms with Gasteiger partial charge < -0.3 is 28.8 Å². The van der Waals surface area contributed by atoms with Gasteiger partial charge in [-0.1, -0.05) is 294 Å². The molecule has 0 aromatic rings. The number of aliphatic hydroxyl groups is 1. The van der Waals surface area contributed by atoms with Crippen molar-refractivity contribution in [3.05, 3.63) is 36.5 Å². The molecule has 1 amide bonds. The first-order chi connectivity index (χ1) is 36.0. The predicted octanol–water partition coefficient (Wildman–Crippen LogP) is 19.5. The lowest BCUT2D eigenvalue weighted by Crippen LogP contribution is -2.45. The van der Waals surface area contributed by atoms with E-state index < -0.39 is 26.6 Å². The van der Waals surface area contributed by atoms with Crippen LogP contribution in [0, 0.1) is 0 Å². The van der Waals surface area contributed by atoms with Gasteiger partial charge in [0, 0.05) is 6.42 Å². The highest BCUT2D eigenvalue weighted by atomic mass is 31.2. The van der Waals surface area contributed by atoms with E-state index in [0.717, 1.165) is 38.5 Å². The van der Waals surface area contributed by atoms with E-state index >= 15 is 0 Å². The molecule has 74 heavy (non-hydrogen) atoms. The Hall–Kier alpha value is -1.28. The summed E-state index contributed by atoms with van der Waals surface area (Å²) in [6.45, 7) is 4.68. The van der Waals surface area contributed by atoms with Crippen LogP contribution in [0.1, 0.15) is 322 Å². The number of quaternary nitrogens is 1. The number of amides is 1. The van der Waals surface area contributed by atoms with Crippen molar-refractivity contribution in [3.8, 4) is 0 Å². The highest BCUT2D eigenvalue weighted by Crippen LogP contribution is 2.38. The van der Waals surface area contributed by atoms with E-state index in [1.54, 1.807) is 6.08 Å². The number of hydrogen-bond acceptors (Lipinski definition) is 6. The van der Waals surface area contributed by atoms with Gasteiger partial charge in [-0.3, -0.25) is 9.36 Å². The Bertz CT molecular complexity index is 1300. The smallest absolute Gasteiger partial charge is 0.268 e. The summed E-state index contributed by atoms with van der Waals surface area (Å²) >= 11 is 0. The second-order valence-electron chi connectivity index (χ2n) is 23.5. The fourth-order valence-corrected chi connectivity index (χ4v) is 10.5. The van der Waals surface area contributed by atoms with Crippen molar-refractivity contribution in [2.45, 2.75) is 334 Å². The fraction of sp³-hybridized carbons (Fsp3) is 0.892. The molecule has 0 saturated carbocycles. The summed E-state index contributed by atoms with van der Waals surface area (Å²) in [6, 6.07) is -0.904. The van der Waals surface area contributed by atoms with Crippen molar-refractivity contribution < 1.29 is 32.9 Å². The SMILES string of the molecule is CCCCCCCCCCCCCC/C=C\CCCCCCCCCCCCCCCC(=O)NC(COP(=O)([O-])OCC[N+](C)(C)C)C(O)/C=C/CC/C=C/CCCCCCCCCCCCCCCCCCC. The van der Waals surface area contributed by atoms with Crippen LogP contribution in [-0.4, -0.2) is 68.5 Å². The maximum atomic E-state index is 13.0. The van der Waals surface area contributed by atoms with Crippen LogP contribution >= 0.6 is 7.82 Å². The van der Waals surface area contributed by atoms with E-state index in [-0.39, 0.29) is 12.5 Å². The van der Waals surface area contributed by atoms with Gasteiger partial charge in [0.05, 0.1) is 39.9 Å². The number of rotatable bonds is 60. The molecule has 0 spiro atoms. The molecule has 0 heterocycles. The molecule has 438 valence electrons. The molecule has 8 nitrogen and oxygen atoms in total. The Morgan fingerprint density at radius 2 is 0.757 bits per heavy atom. The van der Waals surface area contributed by atoms with Crippen LogP contribution in [-0.2, 0) is 18.4 Å². The number of nitrogens with zero attached hydrogens (tertiary/aromatic N) is 1. The predicted molar refractivity (Wildman–Crippen MR) is 321 cm³/mol. The zero-order valence-electron chi connectivity index (χ0n) is 50.1. The van der Waals surface area contributed by atoms with E-state index in [2.05, 4.69) is 43.5 Å². The van der Waals surface area contributed by atoms with Gasteiger partial charge in [0.15, 0.2) is 0 Å². The molecule has 3 atom stereocenters. The van der Waals surface area contributed by atoms with E-state index in [0.29, 0.717) is 17.4 Å². The number of likely N-dealkylation sites (N-methyl/N-ethyl adjacent to an activating group) is 1. The van der Waals surface area contributed by atoms with Crippen molar-refractivity contribution in [2.75, 3.05) is 40.9 Å². The van der Waals surface area contributed by atoms with Gasteiger partial charge in [-0.05, 0) is 57.8 Å². The first-order valence-electron chi connectivity index (χ1n) is 32.4. The molecule has 3 unspecified atom stereocenters. The highest BCUT2D eigenvalue weighted by molar-refractivity contribution is 7.45. The van der Waals surface area contributed by atoms with Crippen molar-refractivity contribution in [1.29, 1.82) is 0 Å². The first-order valence-corrected chi connectivity index (χ1v) is 33.8. The van der Waals surface area contributed by atoms with Crippen molar-refractivity contribution in [2.24, 2.45) is 0 Å². The van der Waals surface area contributed by atoms with Gasteiger partial charge >= 0.3 is 0 Å². The Labute approximate surface area is 461 Å². The number of hydrogen-bond donors (Lipinski definition) is 2. The number of unbranched alkanes of at least 4 members (excludes halogenated alkanes) is 43. The fourth-order valence-electron chi connectivity index (χ4n) is 9.76. The largest absolute Gasteiger partial charge is 0.756 e. The zero-order valence-corrected chi connectivity index (χ0v) is 51.0. The van der Waals surface area contributed by atoms with E-state index in [9.17, 15) is 19.4 Å². The van der Waals surface area contributed by atoms with Crippen LogP contribution in [0.15, 0.2) is 36.5 Å². The molecule has 0 aliphatic carbocycles. The third kappa shape index (κ3) is 58.4. The minimum Gasteiger partial charge on any atom is -0.756 e. The van der Waals surface area contributed by atoms with Crippen LogP contribution in [0.5, 0.6) is 0 Å². The second kappa shape index (κ2) is 56.4. The van der Waals surface area contributed by atoms with E-state index in [4.69, 9.17) is 9.05 Å². The second-order valence-corrected chi connectivity index (χ2v) is 24.9. The molecule has 0 radical (unpaired) electrons. The van der Waals surface area contributed by atoms with Crippen molar-refractivity contribution >= 4 is 13.7 Å². The van der Waals surface area contributed by atoms with Crippen LogP contribution < -0.4 is 10.2 Å². The average molecular weight is 1060 g/mol. The number of allylic oxidation sites excluding steroid dienone is 5. The number of carbonyl (C=O) groups is 1. The highest BCUT2D eigenvalue weighted by Gasteiger charge is 2.23. The third-order valence-corrected chi connectivity index (χ3v) is 15.8. The first kappa shape index (κ1) is 72.7. The molecule has 2 N–H and O–H groups in total. The minimum absolute atomic E-state index is 0.00519. The molecule has 0 fully saturated rings. The summed E-state index contributed by atoms with van der Waals surface area (Å²) in [7, 11) is 1.26. The monoisotopic (exact) mass is 1060 g/mol. The molecule has 0 aliphatic heterocycles. The molecular weight excluding hydrogens is 936 g/mol. The Kier molecular flexibility index (Phi) is 55.5. The maximum absolute atomic E-state index is 13.0. The summed E-state index contributed by atoms with van der Waals surface area (Å²) in [5.74, 6) is -0.202. The molecule has 0 rings (SSSR count). The summed E-state index contributed by atoms with van der Waals surface area (Å²) in [6.07, 6.45) is 73.9. The molecule has 0 aromatic heterocycles. The lowest BCUT2D eigenvalue weighted by atomic mass is 10.0. The number of carbonyl (C=O) groups excluding carboxylic acids is 1. The van der Waals surface area contributed by atoms with Crippen LogP contribution in [0.2, 0.25) is 0 Å². The molecule has 9 heteroatoms. The van der Waals surface area contributed by atoms with Crippen LogP contribution in [0.4, 0.5) is 0 Å². The Balaban J connectivity index is 4.13. The number of phosphoric acid groups is 1. The summed E-state index contributed by atoms with van der Waals surface area (Å²) in [4.78, 5) is 25.6. The lowest BCUT2D eigenvalue weighted by Gasteiger charge is -2.29. The zero-order chi connectivity index (χ0) is 54.2. The number of aliphatic hydroxyl groups excluding tert-OH is 1. The van der Waals surface area contributed by atoms with Crippen molar-refractivity contribution in [3.63, 3.8) is 0 Å². The lowest BCUT2D eigenvalue weighted by molar-refractivity contribution is -0.870. The minimum atomic E-state index is -4.61. The van der Waals surface area contributed by atoms with Crippen LogP contribution in [0.25, 0.3) is 0 Å². The van der Waals surface area contributed by atoms with Gasteiger partial charge in [-0.25, -0.2) is 0 Å². The van der Waals surface area contributed by atoms with Crippen LogP contribution in [0.3, 0.4) is 0 Å². The standard InChI is InChI=1S/C65H127N2O6P/c1-6-8-10-12-14-16-18-20-22-24-26-28-30-31-32-33-34-35-37-39-41-43-45-47-49-51-53-55-57-59-65(69)66-63(62-73-74(70,71)72-61-60-67(3,4)5)64(68)58-56-54-52-50-48-46-44-42-40-38-36-29-27-25-23-21-19-17-15-13-11-9-7-2/h31-32,48,50,56,58,63-64,68H,6-30,33-47,49,51-55,57,59-62H2,1-5H3,(H-,66,69,70,71)/b32-31-,50-48+,58-56+. The van der Waals surface area contributed by atoms with E-state index in [1.807, 2.05) is 27.2 Å². The van der Waals surface area contributed by atoms with Crippen molar-refractivity contribution in [1.82, 2.24) is 5.32 Å². The van der Waals surface area contributed by atoms with Gasteiger partial charge in [0.25, 0.3) is 7.82 Å². The van der Waals surface area contributed by atoms with Gasteiger partial charge in [-0.2, -0.15) is 0 Å². The molecule has 0 saturated heterocycles. The maximum Gasteiger partial charge on any atom is 0.268 e. The number of nitrogens with one attached hydrogen (secondary N) is 1. The van der Waals surface area contributed by atoms with Gasteiger partial charge in [0.1, 0.15) is 13.2 Å². The normalized spacial score (nSPS) is 14.0. The van der Waals surface area contributed by atoms with Gasteiger partial charge in [-0.15, -0.1) is 0 Å². The molecular formula is C65H127N2O6P. The van der Waals surface area contributed by atoms with Gasteiger partial charge in [0.2, 0.25) is 5.91 Å². The quantitative estimate of drug-likeness (QED) is 0.0272. The third-order valence-electron chi connectivity index (χ3n) is 14.8.